The van der Waals surface area contributed by atoms with Crippen molar-refractivity contribution < 1.29 is 4.79 Å². The lowest BCUT2D eigenvalue weighted by atomic mass is 9.96. The van der Waals surface area contributed by atoms with E-state index in [9.17, 15) is 4.79 Å². The molecule has 0 radical (unpaired) electrons. The summed E-state index contributed by atoms with van der Waals surface area (Å²) in [5.74, 6) is 0.676. The van der Waals surface area contributed by atoms with Crippen LogP contribution in [0.3, 0.4) is 0 Å². The minimum absolute atomic E-state index is 0.239. The maximum Gasteiger partial charge on any atom is 0.228 e. The molecule has 1 aliphatic rings. The summed E-state index contributed by atoms with van der Waals surface area (Å²) in [6.07, 6.45) is 1.60. The highest BCUT2D eigenvalue weighted by Crippen LogP contribution is 2.31. The van der Waals surface area contributed by atoms with E-state index < -0.39 is 0 Å². The van der Waals surface area contributed by atoms with Crippen LogP contribution in [-0.4, -0.2) is 25.5 Å². The SMILES string of the molecule is Cc1cccc(C(C)C)c1N1CCCNCCC1=O. The number of nitrogens with zero attached hydrogens (tertiary/aromatic N) is 1. The van der Waals surface area contributed by atoms with E-state index in [-0.39, 0.29) is 5.91 Å². The Labute approximate surface area is 116 Å². The first kappa shape index (κ1) is 14.1. The molecule has 19 heavy (non-hydrogen) atoms. The van der Waals surface area contributed by atoms with Crippen molar-refractivity contribution in [3.8, 4) is 0 Å². The molecule has 1 aliphatic heterocycles. The predicted molar refractivity (Wildman–Crippen MR) is 79.7 cm³/mol. The quantitative estimate of drug-likeness (QED) is 0.887. The summed E-state index contributed by atoms with van der Waals surface area (Å²) in [6, 6.07) is 6.34. The van der Waals surface area contributed by atoms with Crippen LogP contribution in [0.5, 0.6) is 0 Å². The normalized spacial score (nSPS) is 17.5. The maximum atomic E-state index is 12.4. The lowest BCUT2D eigenvalue weighted by Crippen LogP contribution is -2.39. The van der Waals surface area contributed by atoms with Gasteiger partial charge in [0, 0.05) is 25.2 Å². The first-order chi connectivity index (χ1) is 9.11. The van der Waals surface area contributed by atoms with E-state index in [0.29, 0.717) is 12.3 Å². The van der Waals surface area contributed by atoms with Gasteiger partial charge in [-0.25, -0.2) is 0 Å². The van der Waals surface area contributed by atoms with Gasteiger partial charge in [0.15, 0.2) is 0 Å². The minimum atomic E-state index is 0.239. The summed E-state index contributed by atoms with van der Waals surface area (Å²) < 4.78 is 0. The molecule has 1 heterocycles. The zero-order valence-corrected chi connectivity index (χ0v) is 12.2. The van der Waals surface area contributed by atoms with E-state index in [1.165, 1.54) is 11.1 Å². The van der Waals surface area contributed by atoms with Gasteiger partial charge in [0.1, 0.15) is 0 Å². The van der Waals surface area contributed by atoms with Crippen molar-refractivity contribution in [3.05, 3.63) is 29.3 Å². The number of rotatable bonds is 2. The first-order valence-electron chi connectivity index (χ1n) is 7.22. The summed E-state index contributed by atoms with van der Waals surface area (Å²) in [6.45, 7) is 9.08. The number of hydrogen-bond acceptors (Lipinski definition) is 2. The average molecular weight is 260 g/mol. The number of benzene rings is 1. The number of hydrogen-bond donors (Lipinski definition) is 1. The third-order valence-corrected chi connectivity index (χ3v) is 3.71. The molecule has 1 N–H and O–H groups in total. The molecular formula is C16H24N2O. The summed E-state index contributed by atoms with van der Waals surface area (Å²) in [5, 5.41) is 3.29. The molecule has 2 rings (SSSR count). The zero-order chi connectivity index (χ0) is 13.8. The van der Waals surface area contributed by atoms with Crippen LogP contribution >= 0.6 is 0 Å². The van der Waals surface area contributed by atoms with E-state index in [2.05, 4.69) is 44.3 Å². The monoisotopic (exact) mass is 260 g/mol. The lowest BCUT2D eigenvalue weighted by Gasteiger charge is -2.30. The van der Waals surface area contributed by atoms with Gasteiger partial charge in [-0.2, -0.15) is 0 Å². The van der Waals surface area contributed by atoms with Gasteiger partial charge < -0.3 is 10.2 Å². The highest BCUT2D eigenvalue weighted by molar-refractivity contribution is 5.95. The van der Waals surface area contributed by atoms with E-state index in [4.69, 9.17) is 0 Å². The van der Waals surface area contributed by atoms with Crippen LogP contribution in [0.25, 0.3) is 0 Å². The highest BCUT2D eigenvalue weighted by Gasteiger charge is 2.22. The van der Waals surface area contributed by atoms with Crippen LogP contribution in [0, 0.1) is 6.92 Å². The Bertz CT molecular complexity index is 454. The molecule has 1 aromatic rings. The van der Waals surface area contributed by atoms with Crippen LogP contribution in [0.1, 0.15) is 43.7 Å². The van der Waals surface area contributed by atoms with Crippen molar-refractivity contribution in [2.75, 3.05) is 24.5 Å². The topological polar surface area (TPSA) is 32.3 Å². The second-order valence-corrected chi connectivity index (χ2v) is 5.57. The predicted octanol–water partition coefficient (Wildman–Crippen LogP) is 2.83. The fourth-order valence-electron chi connectivity index (χ4n) is 2.69. The molecule has 1 amide bonds. The minimum Gasteiger partial charge on any atom is -0.316 e. The third-order valence-electron chi connectivity index (χ3n) is 3.71. The Kier molecular flexibility index (Phi) is 4.59. The molecule has 0 atom stereocenters. The number of carbonyl (C=O) groups is 1. The molecule has 3 nitrogen and oxygen atoms in total. The molecule has 1 saturated heterocycles. The Morgan fingerprint density at radius 3 is 2.79 bits per heavy atom. The largest absolute Gasteiger partial charge is 0.316 e. The van der Waals surface area contributed by atoms with Gasteiger partial charge in [0.25, 0.3) is 0 Å². The number of amides is 1. The fraction of sp³-hybridized carbons (Fsp3) is 0.562. The number of carbonyl (C=O) groups excluding carboxylic acids is 1. The molecule has 3 heteroatoms. The third kappa shape index (κ3) is 3.16. The standard InChI is InChI=1S/C16H24N2O/c1-12(2)14-7-4-6-13(3)16(14)18-11-5-9-17-10-8-15(18)19/h4,6-7,12,17H,5,8-11H2,1-3H3. The number of anilines is 1. The molecular weight excluding hydrogens is 236 g/mol. The van der Waals surface area contributed by atoms with Crippen LogP contribution in [0.4, 0.5) is 5.69 Å². The second-order valence-electron chi connectivity index (χ2n) is 5.57. The van der Waals surface area contributed by atoms with Crippen LogP contribution < -0.4 is 10.2 Å². The van der Waals surface area contributed by atoms with Crippen LogP contribution in [0.2, 0.25) is 0 Å². The zero-order valence-electron chi connectivity index (χ0n) is 12.2. The van der Waals surface area contributed by atoms with Crippen LogP contribution in [0.15, 0.2) is 18.2 Å². The average Bonchev–Trinajstić information content (AvgIpc) is 2.35. The van der Waals surface area contributed by atoms with Crippen LogP contribution in [-0.2, 0) is 4.79 Å². The second kappa shape index (κ2) is 6.20. The van der Waals surface area contributed by atoms with E-state index in [1.54, 1.807) is 0 Å². The summed E-state index contributed by atoms with van der Waals surface area (Å²) in [7, 11) is 0. The lowest BCUT2D eigenvalue weighted by molar-refractivity contribution is -0.118. The van der Waals surface area contributed by atoms with E-state index in [0.717, 1.165) is 31.7 Å². The molecule has 0 spiro atoms. The highest BCUT2D eigenvalue weighted by atomic mass is 16.2. The summed E-state index contributed by atoms with van der Waals surface area (Å²) >= 11 is 0. The Hall–Kier alpha value is -1.35. The molecule has 0 bridgehead atoms. The maximum absolute atomic E-state index is 12.4. The smallest absolute Gasteiger partial charge is 0.228 e. The van der Waals surface area contributed by atoms with Crippen molar-refractivity contribution in [3.63, 3.8) is 0 Å². The molecule has 1 fully saturated rings. The number of para-hydroxylation sites is 1. The number of aryl methyl sites for hydroxylation is 1. The molecule has 1 aromatic carbocycles. The Balaban J connectivity index is 2.40. The molecule has 0 aliphatic carbocycles. The van der Waals surface area contributed by atoms with Gasteiger partial charge in [-0.1, -0.05) is 32.0 Å². The van der Waals surface area contributed by atoms with E-state index in [1.807, 2.05) is 4.90 Å². The Morgan fingerprint density at radius 1 is 1.26 bits per heavy atom. The Morgan fingerprint density at radius 2 is 2.05 bits per heavy atom. The van der Waals surface area contributed by atoms with Gasteiger partial charge in [-0.05, 0) is 36.9 Å². The van der Waals surface area contributed by atoms with Crippen molar-refractivity contribution >= 4 is 11.6 Å². The van der Waals surface area contributed by atoms with E-state index >= 15 is 0 Å². The fourth-order valence-corrected chi connectivity index (χ4v) is 2.69. The van der Waals surface area contributed by atoms with Gasteiger partial charge >= 0.3 is 0 Å². The molecule has 0 aromatic heterocycles. The van der Waals surface area contributed by atoms with Gasteiger partial charge in [-0.15, -0.1) is 0 Å². The van der Waals surface area contributed by atoms with Crippen molar-refractivity contribution in [1.82, 2.24) is 5.32 Å². The van der Waals surface area contributed by atoms with Gasteiger partial charge in [-0.3, -0.25) is 4.79 Å². The molecule has 0 unspecified atom stereocenters. The summed E-state index contributed by atoms with van der Waals surface area (Å²) in [5.41, 5.74) is 3.62. The number of nitrogens with one attached hydrogen (secondary N) is 1. The molecule has 0 saturated carbocycles. The van der Waals surface area contributed by atoms with Gasteiger partial charge in [0.05, 0.1) is 0 Å². The molecule has 104 valence electrons. The van der Waals surface area contributed by atoms with Crippen molar-refractivity contribution in [2.24, 2.45) is 0 Å². The van der Waals surface area contributed by atoms with Crippen molar-refractivity contribution in [2.45, 2.75) is 39.5 Å². The van der Waals surface area contributed by atoms with Crippen molar-refractivity contribution in [1.29, 1.82) is 0 Å². The first-order valence-corrected chi connectivity index (χ1v) is 7.22. The summed E-state index contributed by atoms with van der Waals surface area (Å²) in [4.78, 5) is 14.4. The van der Waals surface area contributed by atoms with Gasteiger partial charge in [0.2, 0.25) is 5.91 Å².